The van der Waals surface area contributed by atoms with Crippen LogP contribution in [-0.2, 0) is 20.3 Å². The molecule has 1 unspecified atom stereocenters. The van der Waals surface area contributed by atoms with Crippen LogP contribution in [0.4, 0.5) is 8.78 Å². The van der Waals surface area contributed by atoms with Gasteiger partial charge in [-0.2, -0.15) is 8.78 Å². The highest BCUT2D eigenvalue weighted by atomic mass is 32.2. The number of hydrogen-bond acceptors (Lipinski definition) is 5. The minimum absolute atomic E-state index is 0.0149. The van der Waals surface area contributed by atoms with Crippen molar-refractivity contribution >= 4 is 16.1 Å². The zero-order chi connectivity index (χ0) is 17.3. The van der Waals surface area contributed by atoms with Crippen LogP contribution in [0.3, 0.4) is 0 Å². The maximum atomic E-state index is 13.2. The van der Waals surface area contributed by atoms with Gasteiger partial charge in [-0.3, -0.25) is 0 Å². The third kappa shape index (κ3) is 4.01. The van der Waals surface area contributed by atoms with Crippen molar-refractivity contribution in [3.63, 3.8) is 0 Å². The molecule has 0 saturated carbocycles. The highest BCUT2D eigenvalue weighted by molar-refractivity contribution is 7.86. The number of esters is 1. The van der Waals surface area contributed by atoms with Gasteiger partial charge in [-0.05, 0) is 30.0 Å². The van der Waals surface area contributed by atoms with Gasteiger partial charge >= 0.3 is 11.2 Å². The second-order valence-electron chi connectivity index (χ2n) is 5.89. The van der Waals surface area contributed by atoms with Crippen molar-refractivity contribution in [1.82, 2.24) is 0 Å². The Morgan fingerprint density at radius 2 is 1.64 bits per heavy atom. The molecule has 22 heavy (non-hydrogen) atoms. The SMILES string of the molecule is CC(OC(=O)c1ccc(C(C)(C)C)cc1)C(F)(F)S(=O)(=O)[O-]. The highest BCUT2D eigenvalue weighted by Gasteiger charge is 2.46. The van der Waals surface area contributed by atoms with Crippen LogP contribution in [0.15, 0.2) is 24.3 Å². The Kier molecular flexibility index (Phi) is 4.98. The number of hydrogen-bond donors (Lipinski definition) is 0. The second-order valence-corrected chi connectivity index (χ2v) is 7.34. The summed E-state index contributed by atoms with van der Waals surface area (Å²) < 4.78 is 62.3. The maximum absolute atomic E-state index is 13.2. The summed E-state index contributed by atoms with van der Waals surface area (Å²) in [5.74, 6) is -1.13. The van der Waals surface area contributed by atoms with E-state index in [4.69, 9.17) is 0 Å². The van der Waals surface area contributed by atoms with Crippen molar-refractivity contribution < 1.29 is 31.3 Å². The lowest BCUT2D eigenvalue weighted by atomic mass is 9.87. The van der Waals surface area contributed by atoms with Gasteiger partial charge in [0.05, 0.1) is 5.56 Å². The first kappa shape index (κ1) is 18.5. The van der Waals surface area contributed by atoms with Crippen molar-refractivity contribution in [3.05, 3.63) is 35.4 Å². The molecule has 0 bridgehead atoms. The van der Waals surface area contributed by atoms with E-state index in [2.05, 4.69) is 4.74 Å². The van der Waals surface area contributed by atoms with Crippen LogP contribution in [0.25, 0.3) is 0 Å². The fraction of sp³-hybridized carbons (Fsp3) is 0.500. The van der Waals surface area contributed by atoms with Crippen molar-refractivity contribution in [2.75, 3.05) is 0 Å². The zero-order valence-corrected chi connectivity index (χ0v) is 13.4. The largest absolute Gasteiger partial charge is 0.743 e. The van der Waals surface area contributed by atoms with E-state index in [1.807, 2.05) is 20.8 Å². The Morgan fingerprint density at radius 3 is 2.00 bits per heavy atom. The molecular weight excluding hydrogens is 318 g/mol. The van der Waals surface area contributed by atoms with Crippen molar-refractivity contribution in [2.45, 2.75) is 44.5 Å². The smallest absolute Gasteiger partial charge is 0.370 e. The number of benzene rings is 1. The third-order valence-corrected chi connectivity index (χ3v) is 4.08. The first-order valence-electron chi connectivity index (χ1n) is 6.41. The minimum atomic E-state index is -5.92. The summed E-state index contributed by atoms with van der Waals surface area (Å²) in [7, 11) is -5.92. The summed E-state index contributed by atoms with van der Waals surface area (Å²) in [6.07, 6.45) is -2.38. The molecular formula is C14H17F2O5S-. The first-order chi connectivity index (χ1) is 9.76. The molecule has 0 amide bonds. The van der Waals surface area contributed by atoms with Gasteiger partial charge in [0.15, 0.2) is 16.2 Å². The quantitative estimate of drug-likeness (QED) is 0.624. The third-order valence-electron chi connectivity index (χ3n) is 3.08. The summed E-state index contributed by atoms with van der Waals surface area (Å²) in [5, 5.41) is -4.69. The molecule has 0 aliphatic heterocycles. The van der Waals surface area contributed by atoms with E-state index in [-0.39, 0.29) is 11.0 Å². The molecule has 124 valence electrons. The summed E-state index contributed by atoms with van der Waals surface area (Å²) >= 11 is 0. The van der Waals surface area contributed by atoms with E-state index in [1.54, 1.807) is 12.1 Å². The predicted molar refractivity (Wildman–Crippen MR) is 74.7 cm³/mol. The average Bonchev–Trinajstić information content (AvgIpc) is 2.36. The van der Waals surface area contributed by atoms with Crippen molar-refractivity contribution in [1.29, 1.82) is 0 Å². The van der Waals surface area contributed by atoms with E-state index < -0.39 is 27.4 Å². The Hall–Kier alpha value is -1.54. The average molecular weight is 335 g/mol. The number of alkyl halides is 2. The van der Waals surface area contributed by atoms with E-state index in [1.165, 1.54) is 12.1 Å². The topological polar surface area (TPSA) is 83.5 Å². The molecule has 0 heterocycles. The molecule has 0 aliphatic carbocycles. The van der Waals surface area contributed by atoms with Crippen LogP contribution in [0.5, 0.6) is 0 Å². The lowest BCUT2D eigenvalue weighted by molar-refractivity contribution is -0.0554. The molecule has 0 saturated heterocycles. The van der Waals surface area contributed by atoms with Crippen LogP contribution in [0, 0.1) is 0 Å². The first-order valence-corrected chi connectivity index (χ1v) is 7.82. The van der Waals surface area contributed by atoms with Gasteiger partial charge in [-0.15, -0.1) is 0 Å². The van der Waals surface area contributed by atoms with Crippen LogP contribution < -0.4 is 0 Å². The monoisotopic (exact) mass is 335 g/mol. The Bertz CT molecular complexity index is 645. The van der Waals surface area contributed by atoms with Crippen LogP contribution >= 0.6 is 0 Å². The Balaban J connectivity index is 2.90. The number of halogens is 2. The standard InChI is InChI=1S/C14H18F2O5S/c1-9(14(15,16)22(18,19)20)21-12(17)10-5-7-11(8-6-10)13(2,3)4/h5-9H,1-4H3,(H,18,19,20)/p-1. The van der Waals surface area contributed by atoms with E-state index >= 15 is 0 Å². The summed E-state index contributed by atoms with van der Waals surface area (Å²) in [5.41, 5.74) is 0.753. The van der Waals surface area contributed by atoms with Crippen LogP contribution in [0.2, 0.25) is 0 Å². The van der Waals surface area contributed by atoms with E-state index in [0.717, 1.165) is 5.56 Å². The molecule has 1 aromatic rings. The van der Waals surface area contributed by atoms with Crippen molar-refractivity contribution in [2.24, 2.45) is 0 Å². The van der Waals surface area contributed by atoms with E-state index in [9.17, 15) is 26.5 Å². The molecule has 0 N–H and O–H groups in total. The van der Waals surface area contributed by atoms with Gasteiger partial charge in [0.1, 0.15) is 0 Å². The summed E-state index contributed by atoms with van der Waals surface area (Å²) in [6.45, 7) is 6.53. The molecule has 0 radical (unpaired) electrons. The van der Waals surface area contributed by atoms with Gasteiger partial charge in [0.25, 0.3) is 0 Å². The lowest BCUT2D eigenvalue weighted by Crippen LogP contribution is -2.42. The molecule has 0 aromatic heterocycles. The van der Waals surface area contributed by atoms with Gasteiger partial charge in [-0.25, -0.2) is 13.2 Å². The molecule has 5 nitrogen and oxygen atoms in total. The molecule has 0 aliphatic rings. The molecule has 0 spiro atoms. The highest BCUT2D eigenvalue weighted by Crippen LogP contribution is 2.28. The Morgan fingerprint density at radius 1 is 1.18 bits per heavy atom. The van der Waals surface area contributed by atoms with Crippen molar-refractivity contribution in [3.8, 4) is 0 Å². The number of ether oxygens (including phenoxy) is 1. The summed E-state index contributed by atoms with van der Waals surface area (Å²) in [4.78, 5) is 11.7. The Labute approximate surface area is 128 Å². The summed E-state index contributed by atoms with van der Waals surface area (Å²) in [6, 6.07) is 6.06. The second kappa shape index (κ2) is 5.92. The number of rotatable bonds is 4. The van der Waals surface area contributed by atoms with Crippen LogP contribution in [0.1, 0.15) is 43.6 Å². The van der Waals surface area contributed by atoms with Gasteiger partial charge < -0.3 is 9.29 Å². The normalized spacial score (nSPS) is 14.5. The van der Waals surface area contributed by atoms with Gasteiger partial charge in [0.2, 0.25) is 0 Å². The van der Waals surface area contributed by atoms with Crippen LogP contribution in [-0.4, -0.2) is 30.3 Å². The maximum Gasteiger partial charge on any atom is 0.370 e. The van der Waals surface area contributed by atoms with E-state index in [0.29, 0.717) is 6.92 Å². The molecule has 8 heteroatoms. The predicted octanol–water partition coefficient (Wildman–Crippen LogP) is 2.67. The minimum Gasteiger partial charge on any atom is -0.743 e. The molecule has 0 fully saturated rings. The number of carbonyl (C=O) groups excluding carboxylic acids is 1. The number of carbonyl (C=O) groups is 1. The molecule has 1 aromatic carbocycles. The van der Waals surface area contributed by atoms with Gasteiger partial charge in [-0.1, -0.05) is 32.9 Å². The van der Waals surface area contributed by atoms with Gasteiger partial charge in [0, 0.05) is 0 Å². The molecule has 1 rings (SSSR count). The molecule has 1 atom stereocenters. The fourth-order valence-electron chi connectivity index (χ4n) is 1.61. The zero-order valence-electron chi connectivity index (χ0n) is 12.6. The lowest BCUT2D eigenvalue weighted by Gasteiger charge is -2.25. The fourth-order valence-corrected chi connectivity index (χ4v) is 2.06.